The predicted octanol–water partition coefficient (Wildman–Crippen LogP) is 2.76. The van der Waals surface area contributed by atoms with Crippen molar-refractivity contribution < 1.29 is 19.8 Å². The molecule has 21 heavy (non-hydrogen) atoms. The lowest BCUT2D eigenvalue weighted by Gasteiger charge is -2.28. The molecule has 0 aliphatic heterocycles. The van der Waals surface area contributed by atoms with Crippen LogP contribution < -0.4 is 5.32 Å². The predicted molar refractivity (Wildman–Crippen MR) is 86.3 cm³/mol. The Kier molecular flexibility index (Phi) is 5.44. The van der Waals surface area contributed by atoms with Crippen molar-refractivity contribution in [1.82, 2.24) is 5.32 Å². The molecule has 1 unspecified atom stereocenters. The average Bonchev–Trinajstić information content (AvgIpc) is 2.47. The number of aliphatic carboxylic acids is 1. The number of carboxylic acid groups (broad SMARTS) is 1. The fraction of sp³-hybridized carbons (Fsp3) is 0.467. The molecular weight excluding hydrogens is 385 g/mol. The second-order valence-electron chi connectivity index (χ2n) is 5.35. The van der Waals surface area contributed by atoms with Gasteiger partial charge in [0.1, 0.15) is 11.8 Å². The Balaban J connectivity index is 2.14. The van der Waals surface area contributed by atoms with Gasteiger partial charge in [0, 0.05) is 3.57 Å². The van der Waals surface area contributed by atoms with E-state index >= 15 is 0 Å². The minimum atomic E-state index is -1.01. The Bertz CT molecular complexity index is 540. The minimum absolute atomic E-state index is 0.0369. The van der Waals surface area contributed by atoms with Gasteiger partial charge in [-0.2, -0.15) is 0 Å². The summed E-state index contributed by atoms with van der Waals surface area (Å²) in [4.78, 5) is 23.7. The van der Waals surface area contributed by atoms with Crippen LogP contribution in [0.5, 0.6) is 5.75 Å². The van der Waals surface area contributed by atoms with E-state index < -0.39 is 17.9 Å². The Hall–Kier alpha value is -1.31. The standard InChI is InChI=1S/C15H18INO4/c16-10-6-7-12(18)11(8-10)14(19)17-13(15(20)21)9-4-2-1-3-5-9/h6-9,13,18H,1-5H2,(H,17,19)(H,20,21). The molecule has 0 bridgehead atoms. The van der Waals surface area contributed by atoms with E-state index in [-0.39, 0.29) is 17.2 Å². The second kappa shape index (κ2) is 7.11. The van der Waals surface area contributed by atoms with Crippen LogP contribution in [0.1, 0.15) is 42.5 Å². The summed E-state index contributed by atoms with van der Waals surface area (Å²) < 4.78 is 0.806. The molecular formula is C15H18INO4. The van der Waals surface area contributed by atoms with Gasteiger partial charge in [-0.25, -0.2) is 4.79 Å². The smallest absolute Gasteiger partial charge is 0.326 e. The van der Waals surface area contributed by atoms with Gasteiger partial charge in [0.25, 0.3) is 5.91 Å². The second-order valence-corrected chi connectivity index (χ2v) is 6.59. The molecule has 5 nitrogen and oxygen atoms in total. The number of carbonyl (C=O) groups excluding carboxylic acids is 1. The number of nitrogens with one attached hydrogen (secondary N) is 1. The van der Waals surface area contributed by atoms with Crippen LogP contribution in [-0.4, -0.2) is 28.1 Å². The third-order valence-corrected chi connectivity index (χ3v) is 4.55. The maximum absolute atomic E-state index is 12.2. The summed E-state index contributed by atoms with van der Waals surface area (Å²) in [6.07, 6.45) is 4.75. The molecule has 0 heterocycles. The Morgan fingerprint density at radius 2 is 1.90 bits per heavy atom. The van der Waals surface area contributed by atoms with Crippen LogP contribution in [0.2, 0.25) is 0 Å². The number of phenolic OH excluding ortho intramolecular Hbond substituents is 1. The first-order chi connectivity index (χ1) is 9.99. The summed E-state index contributed by atoms with van der Waals surface area (Å²) in [5.41, 5.74) is 0.115. The molecule has 6 heteroatoms. The Labute approximate surface area is 136 Å². The van der Waals surface area contributed by atoms with Gasteiger partial charge in [0.05, 0.1) is 5.56 Å². The van der Waals surface area contributed by atoms with Gasteiger partial charge in [-0.1, -0.05) is 19.3 Å². The number of halogens is 1. The highest BCUT2D eigenvalue weighted by Crippen LogP contribution is 2.27. The van der Waals surface area contributed by atoms with Crippen LogP contribution in [0.15, 0.2) is 18.2 Å². The number of amides is 1. The van der Waals surface area contributed by atoms with Crippen LogP contribution in [0.25, 0.3) is 0 Å². The van der Waals surface area contributed by atoms with Crippen LogP contribution in [0.4, 0.5) is 0 Å². The number of aromatic hydroxyl groups is 1. The van der Waals surface area contributed by atoms with Crippen molar-refractivity contribution in [2.24, 2.45) is 5.92 Å². The van der Waals surface area contributed by atoms with Crippen molar-refractivity contribution in [2.75, 3.05) is 0 Å². The summed E-state index contributed by atoms with van der Waals surface area (Å²) in [5.74, 6) is -1.73. The molecule has 0 saturated heterocycles. The van der Waals surface area contributed by atoms with Crippen molar-refractivity contribution in [3.63, 3.8) is 0 Å². The Morgan fingerprint density at radius 3 is 2.52 bits per heavy atom. The van der Waals surface area contributed by atoms with Crippen LogP contribution in [0, 0.1) is 9.49 Å². The number of hydrogen-bond donors (Lipinski definition) is 3. The molecule has 1 aliphatic rings. The molecule has 2 rings (SSSR count). The number of phenols is 1. The summed E-state index contributed by atoms with van der Waals surface area (Å²) in [7, 11) is 0. The van der Waals surface area contributed by atoms with Crippen molar-refractivity contribution in [2.45, 2.75) is 38.1 Å². The van der Waals surface area contributed by atoms with E-state index in [1.54, 1.807) is 12.1 Å². The van der Waals surface area contributed by atoms with Crippen LogP contribution >= 0.6 is 22.6 Å². The third-order valence-electron chi connectivity index (χ3n) is 3.88. The largest absolute Gasteiger partial charge is 0.507 e. The maximum Gasteiger partial charge on any atom is 0.326 e. The first-order valence-corrected chi connectivity index (χ1v) is 8.09. The molecule has 1 saturated carbocycles. The number of benzene rings is 1. The van der Waals surface area contributed by atoms with Crippen LogP contribution in [-0.2, 0) is 4.79 Å². The van der Waals surface area contributed by atoms with Gasteiger partial charge in [-0.3, -0.25) is 4.79 Å². The van der Waals surface area contributed by atoms with Crippen molar-refractivity contribution in [3.8, 4) is 5.75 Å². The molecule has 1 amide bonds. The molecule has 1 aliphatic carbocycles. The fourth-order valence-corrected chi connectivity index (χ4v) is 3.25. The highest BCUT2D eigenvalue weighted by molar-refractivity contribution is 14.1. The van der Waals surface area contributed by atoms with E-state index in [1.165, 1.54) is 6.07 Å². The zero-order valence-electron chi connectivity index (χ0n) is 11.5. The number of hydrogen-bond acceptors (Lipinski definition) is 3. The van der Waals surface area contributed by atoms with E-state index in [4.69, 9.17) is 0 Å². The van der Waals surface area contributed by atoms with Gasteiger partial charge in [0.15, 0.2) is 0 Å². The molecule has 1 aromatic carbocycles. The lowest BCUT2D eigenvalue weighted by Crippen LogP contribution is -2.46. The lowest BCUT2D eigenvalue weighted by atomic mass is 9.84. The lowest BCUT2D eigenvalue weighted by molar-refractivity contribution is -0.141. The normalized spacial score (nSPS) is 17.2. The van der Waals surface area contributed by atoms with E-state index in [2.05, 4.69) is 5.32 Å². The van der Waals surface area contributed by atoms with Gasteiger partial charge in [0.2, 0.25) is 0 Å². The summed E-state index contributed by atoms with van der Waals surface area (Å²) >= 11 is 2.04. The Morgan fingerprint density at radius 1 is 1.24 bits per heavy atom. The zero-order valence-corrected chi connectivity index (χ0v) is 13.7. The number of rotatable bonds is 4. The van der Waals surface area contributed by atoms with E-state index in [0.29, 0.717) is 0 Å². The van der Waals surface area contributed by atoms with E-state index in [0.717, 1.165) is 35.7 Å². The molecule has 0 aromatic heterocycles. The maximum atomic E-state index is 12.2. The van der Waals surface area contributed by atoms with Crippen molar-refractivity contribution in [3.05, 3.63) is 27.3 Å². The summed E-state index contributed by atoms with van der Waals surface area (Å²) in [6, 6.07) is 3.77. The first-order valence-electron chi connectivity index (χ1n) is 7.01. The monoisotopic (exact) mass is 403 g/mol. The highest BCUT2D eigenvalue weighted by atomic mass is 127. The molecule has 1 atom stereocenters. The molecule has 0 radical (unpaired) electrons. The molecule has 1 fully saturated rings. The average molecular weight is 403 g/mol. The first kappa shape index (κ1) is 16.1. The van der Waals surface area contributed by atoms with Gasteiger partial charge >= 0.3 is 5.97 Å². The van der Waals surface area contributed by atoms with Crippen molar-refractivity contribution >= 4 is 34.5 Å². The molecule has 1 aromatic rings. The zero-order chi connectivity index (χ0) is 15.4. The number of carbonyl (C=O) groups is 2. The summed E-state index contributed by atoms with van der Waals surface area (Å²) in [6.45, 7) is 0. The van der Waals surface area contributed by atoms with E-state index in [1.807, 2.05) is 22.6 Å². The molecule has 0 spiro atoms. The van der Waals surface area contributed by atoms with Gasteiger partial charge < -0.3 is 15.5 Å². The van der Waals surface area contributed by atoms with Gasteiger partial charge in [-0.15, -0.1) is 0 Å². The van der Waals surface area contributed by atoms with E-state index in [9.17, 15) is 19.8 Å². The summed E-state index contributed by atoms with van der Waals surface area (Å²) in [5, 5.41) is 21.7. The molecule has 3 N–H and O–H groups in total. The third kappa shape index (κ3) is 4.09. The minimum Gasteiger partial charge on any atom is -0.507 e. The number of carboxylic acids is 1. The highest BCUT2D eigenvalue weighted by Gasteiger charge is 2.31. The fourth-order valence-electron chi connectivity index (χ4n) is 2.76. The molecule has 114 valence electrons. The van der Waals surface area contributed by atoms with Gasteiger partial charge in [-0.05, 0) is 59.5 Å². The van der Waals surface area contributed by atoms with Crippen molar-refractivity contribution in [1.29, 1.82) is 0 Å². The van der Waals surface area contributed by atoms with Crippen LogP contribution in [0.3, 0.4) is 0 Å². The SMILES string of the molecule is O=C(NC(C(=O)O)C1CCCCC1)c1cc(I)ccc1O. The topological polar surface area (TPSA) is 86.6 Å². The quantitative estimate of drug-likeness (QED) is 0.675.